The number of nitrogens with zero attached hydrogens (tertiary/aromatic N) is 1. The lowest BCUT2D eigenvalue weighted by Crippen LogP contribution is -2.53. The molecule has 1 saturated carbocycles. The molecule has 1 aliphatic carbocycles. The van der Waals surface area contributed by atoms with Crippen molar-refractivity contribution < 1.29 is 27.2 Å². The molecule has 5 nitrogen and oxygen atoms in total. The molecule has 1 fully saturated rings. The van der Waals surface area contributed by atoms with Gasteiger partial charge >= 0.3 is 12.1 Å². The fourth-order valence-electron chi connectivity index (χ4n) is 3.62. The number of amides is 2. The summed E-state index contributed by atoms with van der Waals surface area (Å²) in [5, 5.41) is 5.17. The van der Waals surface area contributed by atoms with E-state index >= 15 is 0 Å². The Kier molecular flexibility index (Phi) is 5.36. The predicted molar refractivity (Wildman–Crippen MR) is 110 cm³/mol. The molecule has 0 radical (unpaired) electrons. The molecule has 1 heterocycles. The number of halogens is 4. The number of benzene rings is 2. The van der Waals surface area contributed by atoms with Gasteiger partial charge in [0.25, 0.3) is 0 Å². The van der Waals surface area contributed by atoms with Crippen LogP contribution >= 0.6 is 0 Å². The van der Waals surface area contributed by atoms with Gasteiger partial charge in [-0.25, -0.2) is 4.39 Å². The van der Waals surface area contributed by atoms with E-state index in [1.807, 2.05) is 30.3 Å². The molecule has 4 rings (SSSR count). The van der Waals surface area contributed by atoms with Gasteiger partial charge in [0.05, 0.1) is 11.6 Å². The molecule has 1 aliphatic rings. The van der Waals surface area contributed by atoms with Gasteiger partial charge < -0.3 is 10.6 Å². The monoisotopic (exact) mass is 445 g/mol. The molecule has 2 amide bonds. The maximum Gasteiger partial charge on any atom is 0.471 e. The van der Waals surface area contributed by atoms with Crippen molar-refractivity contribution >= 4 is 22.7 Å². The first-order valence-electron chi connectivity index (χ1n) is 9.95. The number of hydrogen-bond donors (Lipinski definition) is 2. The average Bonchev–Trinajstić information content (AvgIpc) is 3.53. The van der Waals surface area contributed by atoms with Crippen molar-refractivity contribution in [2.75, 3.05) is 0 Å². The summed E-state index contributed by atoms with van der Waals surface area (Å²) in [4.78, 5) is 28.1. The van der Waals surface area contributed by atoms with Crippen LogP contribution in [0.5, 0.6) is 0 Å². The zero-order valence-corrected chi connectivity index (χ0v) is 17.0. The second kappa shape index (κ2) is 7.89. The first-order chi connectivity index (χ1) is 15.1. The van der Waals surface area contributed by atoms with E-state index in [-0.39, 0.29) is 18.4 Å². The van der Waals surface area contributed by atoms with Crippen LogP contribution in [-0.4, -0.2) is 28.5 Å². The quantitative estimate of drug-likeness (QED) is 0.571. The van der Waals surface area contributed by atoms with Crippen LogP contribution in [0.4, 0.5) is 17.6 Å². The number of nitrogens with one attached hydrogen (secondary N) is 2. The number of fused-ring (bicyclic) bond motifs is 1. The van der Waals surface area contributed by atoms with Crippen LogP contribution in [0.25, 0.3) is 22.0 Å². The number of carbonyl (C=O) groups excluding carboxylic acids is 2. The van der Waals surface area contributed by atoms with Crippen molar-refractivity contribution in [1.82, 2.24) is 15.6 Å². The van der Waals surface area contributed by atoms with Crippen molar-refractivity contribution in [3.63, 3.8) is 0 Å². The number of rotatable bonds is 5. The molecule has 0 unspecified atom stereocenters. The maximum atomic E-state index is 14.9. The van der Waals surface area contributed by atoms with Crippen molar-refractivity contribution in [3.05, 3.63) is 66.1 Å². The summed E-state index contributed by atoms with van der Waals surface area (Å²) in [7, 11) is 0. The number of hydrogen-bond acceptors (Lipinski definition) is 3. The van der Waals surface area contributed by atoms with Gasteiger partial charge in [-0.15, -0.1) is 0 Å². The third-order valence-corrected chi connectivity index (χ3v) is 5.55. The minimum absolute atomic E-state index is 0.0862. The minimum atomic E-state index is -5.08. The van der Waals surface area contributed by atoms with Crippen LogP contribution in [0, 0.1) is 5.82 Å². The standard InChI is InChI=1S/C23H19F4N3O2/c1-13(29-20(31)22(9-10-22)30-21(32)23(25,26)27)16-8-7-15(12-18(16)24)17-6-2-4-14-5-3-11-28-19(14)17/h2-8,11-13H,9-10H2,1H3,(H,29,31)(H,30,32)/t13-/m1/s1. The van der Waals surface area contributed by atoms with Crippen LogP contribution in [0.3, 0.4) is 0 Å². The maximum absolute atomic E-state index is 14.9. The third kappa shape index (κ3) is 4.15. The van der Waals surface area contributed by atoms with E-state index in [1.165, 1.54) is 19.1 Å². The van der Waals surface area contributed by atoms with Crippen LogP contribution in [0.1, 0.15) is 31.4 Å². The highest BCUT2D eigenvalue weighted by molar-refractivity contribution is 5.96. The number of carbonyl (C=O) groups is 2. The highest BCUT2D eigenvalue weighted by Crippen LogP contribution is 2.37. The molecule has 0 spiro atoms. The molecule has 2 aromatic carbocycles. The second-order valence-corrected chi connectivity index (χ2v) is 7.85. The molecule has 32 heavy (non-hydrogen) atoms. The summed E-state index contributed by atoms with van der Waals surface area (Å²) in [6.07, 6.45) is -3.26. The van der Waals surface area contributed by atoms with E-state index in [2.05, 4.69) is 10.3 Å². The van der Waals surface area contributed by atoms with E-state index in [0.29, 0.717) is 5.56 Å². The molecule has 1 aromatic heterocycles. The molecule has 0 saturated heterocycles. The topological polar surface area (TPSA) is 71.1 Å². The Bertz CT molecular complexity index is 1200. The molecule has 0 bridgehead atoms. The summed E-state index contributed by atoms with van der Waals surface area (Å²) in [5.41, 5.74) is 0.640. The highest BCUT2D eigenvalue weighted by Gasteiger charge is 2.55. The average molecular weight is 445 g/mol. The fourth-order valence-corrected chi connectivity index (χ4v) is 3.62. The summed E-state index contributed by atoms with van der Waals surface area (Å²) in [6.45, 7) is 1.52. The SMILES string of the molecule is C[C@@H](NC(=O)C1(NC(=O)C(F)(F)F)CC1)c1ccc(-c2cccc3cccnc23)cc1F. The van der Waals surface area contributed by atoms with E-state index in [0.717, 1.165) is 16.5 Å². The molecule has 9 heteroatoms. The molecule has 2 N–H and O–H groups in total. The molecule has 1 atom stereocenters. The Labute approximate surface area is 180 Å². The van der Waals surface area contributed by atoms with Gasteiger partial charge in [-0.1, -0.05) is 36.4 Å². The molecule has 166 valence electrons. The molecular formula is C23H19F4N3O2. The smallest absolute Gasteiger partial charge is 0.347 e. The van der Waals surface area contributed by atoms with Gasteiger partial charge in [-0.05, 0) is 37.5 Å². The zero-order chi connectivity index (χ0) is 23.1. The van der Waals surface area contributed by atoms with Gasteiger partial charge in [0.15, 0.2) is 0 Å². The van der Waals surface area contributed by atoms with Crippen LogP contribution < -0.4 is 10.6 Å². The second-order valence-electron chi connectivity index (χ2n) is 7.85. The number of para-hydroxylation sites is 1. The molecule has 0 aliphatic heterocycles. The largest absolute Gasteiger partial charge is 0.471 e. The van der Waals surface area contributed by atoms with E-state index in [1.54, 1.807) is 17.6 Å². The first-order valence-corrected chi connectivity index (χ1v) is 9.95. The van der Waals surface area contributed by atoms with Crippen LogP contribution in [0.2, 0.25) is 0 Å². The zero-order valence-electron chi connectivity index (χ0n) is 17.0. The van der Waals surface area contributed by atoms with Crippen LogP contribution in [-0.2, 0) is 9.59 Å². The number of pyridine rings is 1. The predicted octanol–water partition coefficient (Wildman–Crippen LogP) is 4.43. The van der Waals surface area contributed by atoms with Crippen molar-refractivity contribution in [1.29, 1.82) is 0 Å². The number of aromatic nitrogens is 1. The fraction of sp³-hybridized carbons (Fsp3) is 0.261. The lowest BCUT2D eigenvalue weighted by molar-refractivity contribution is -0.175. The molecular weight excluding hydrogens is 426 g/mol. The summed E-state index contributed by atoms with van der Waals surface area (Å²) >= 11 is 0. The Morgan fingerprint density at radius 1 is 1.09 bits per heavy atom. The highest BCUT2D eigenvalue weighted by atomic mass is 19.4. The number of alkyl halides is 3. The van der Waals surface area contributed by atoms with E-state index in [4.69, 9.17) is 0 Å². The molecule has 3 aromatic rings. The Morgan fingerprint density at radius 3 is 2.47 bits per heavy atom. The van der Waals surface area contributed by atoms with Gasteiger partial charge in [-0.2, -0.15) is 13.2 Å². The lowest BCUT2D eigenvalue weighted by Gasteiger charge is -2.22. The van der Waals surface area contributed by atoms with Crippen molar-refractivity contribution in [3.8, 4) is 11.1 Å². The van der Waals surface area contributed by atoms with E-state index in [9.17, 15) is 27.2 Å². The van der Waals surface area contributed by atoms with Crippen molar-refractivity contribution in [2.45, 2.75) is 37.5 Å². The van der Waals surface area contributed by atoms with Gasteiger partial charge in [0, 0.05) is 22.7 Å². The van der Waals surface area contributed by atoms with Gasteiger partial charge in [-0.3, -0.25) is 14.6 Å². The van der Waals surface area contributed by atoms with Gasteiger partial charge in [0.1, 0.15) is 11.4 Å². The Morgan fingerprint density at radius 2 is 1.81 bits per heavy atom. The third-order valence-electron chi connectivity index (χ3n) is 5.55. The minimum Gasteiger partial charge on any atom is -0.347 e. The Balaban J connectivity index is 1.52. The normalized spacial score (nSPS) is 15.8. The summed E-state index contributed by atoms with van der Waals surface area (Å²) < 4.78 is 52.5. The van der Waals surface area contributed by atoms with E-state index < -0.39 is 35.4 Å². The van der Waals surface area contributed by atoms with Crippen molar-refractivity contribution in [2.24, 2.45) is 0 Å². The Hall–Kier alpha value is -3.49. The van der Waals surface area contributed by atoms with Gasteiger partial charge in [0.2, 0.25) is 5.91 Å². The summed E-state index contributed by atoms with van der Waals surface area (Å²) in [6, 6.07) is 13.0. The van der Waals surface area contributed by atoms with Crippen LogP contribution in [0.15, 0.2) is 54.7 Å². The first kappa shape index (κ1) is 21.7. The lowest BCUT2D eigenvalue weighted by atomic mass is 9.98. The summed E-state index contributed by atoms with van der Waals surface area (Å²) in [5.74, 6) is -3.52.